The fourth-order valence-electron chi connectivity index (χ4n) is 3.71. The highest BCUT2D eigenvalue weighted by molar-refractivity contribution is 5.27. The van der Waals surface area contributed by atoms with Gasteiger partial charge in [-0.3, -0.25) is 14.8 Å². The molecule has 0 unspecified atom stereocenters. The maximum Gasteiger partial charge on any atom is 0.130 e. The Bertz CT molecular complexity index is 657. The minimum Gasteiger partial charge on any atom is -0.487 e. The van der Waals surface area contributed by atoms with Crippen molar-refractivity contribution in [1.29, 1.82) is 0 Å². The van der Waals surface area contributed by atoms with Crippen LogP contribution in [0.3, 0.4) is 0 Å². The Morgan fingerprint density at radius 3 is 2.58 bits per heavy atom. The van der Waals surface area contributed by atoms with Crippen molar-refractivity contribution >= 4 is 0 Å². The third-order valence-electron chi connectivity index (χ3n) is 5.19. The van der Waals surface area contributed by atoms with Crippen molar-refractivity contribution in [3.05, 3.63) is 59.9 Å². The normalized spacial score (nSPS) is 19.0. The summed E-state index contributed by atoms with van der Waals surface area (Å²) >= 11 is 0. The summed E-state index contributed by atoms with van der Waals surface area (Å²) < 4.78 is 5.83. The Hall–Kier alpha value is -1.91. The predicted molar refractivity (Wildman–Crippen MR) is 106 cm³/mol. The zero-order valence-electron chi connectivity index (χ0n) is 16.3. The molecule has 1 fully saturated rings. The maximum atomic E-state index is 5.83. The average Bonchev–Trinajstić information content (AvgIpc) is 2.68. The molecule has 0 aliphatic carbocycles. The minimum absolute atomic E-state index is 0.509. The van der Waals surface area contributed by atoms with Gasteiger partial charge in [0.25, 0.3) is 0 Å². The summed E-state index contributed by atoms with van der Waals surface area (Å²) in [6.45, 7) is 11.9. The molecular formula is C22H31N3O. The molecule has 0 saturated carbocycles. The first-order valence-electron chi connectivity index (χ1n) is 9.75. The summed E-state index contributed by atoms with van der Waals surface area (Å²) in [5.74, 6) is 0.899. The van der Waals surface area contributed by atoms with Gasteiger partial charge in [0.1, 0.15) is 12.4 Å². The van der Waals surface area contributed by atoms with Gasteiger partial charge in [-0.2, -0.15) is 0 Å². The van der Waals surface area contributed by atoms with E-state index in [9.17, 15) is 0 Å². The van der Waals surface area contributed by atoms with E-state index < -0.39 is 0 Å². The molecule has 0 N–H and O–H groups in total. The lowest BCUT2D eigenvalue weighted by molar-refractivity contribution is 0.0456. The van der Waals surface area contributed by atoms with Gasteiger partial charge in [-0.15, -0.1) is 0 Å². The van der Waals surface area contributed by atoms with Gasteiger partial charge >= 0.3 is 0 Å². The number of piperazine rings is 1. The molecule has 140 valence electrons. The summed E-state index contributed by atoms with van der Waals surface area (Å²) in [6, 6.07) is 15.7. The van der Waals surface area contributed by atoms with E-state index in [1.807, 2.05) is 18.2 Å². The van der Waals surface area contributed by atoms with Crippen molar-refractivity contribution in [1.82, 2.24) is 14.8 Å². The first-order chi connectivity index (χ1) is 12.7. The van der Waals surface area contributed by atoms with E-state index in [4.69, 9.17) is 4.74 Å². The lowest BCUT2D eigenvalue weighted by atomic mass is 10.1. The number of pyridine rings is 1. The second-order valence-corrected chi connectivity index (χ2v) is 7.38. The van der Waals surface area contributed by atoms with Gasteiger partial charge in [0.05, 0.1) is 5.69 Å². The molecule has 0 amide bonds. The average molecular weight is 354 g/mol. The molecule has 3 rings (SSSR count). The van der Waals surface area contributed by atoms with E-state index in [1.165, 1.54) is 18.5 Å². The first-order valence-corrected chi connectivity index (χ1v) is 9.75. The predicted octanol–water partition coefficient (Wildman–Crippen LogP) is 3.97. The molecule has 4 nitrogen and oxygen atoms in total. The Morgan fingerprint density at radius 1 is 1.12 bits per heavy atom. The number of hydrogen-bond donors (Lipinski definition) is 0. The second kappa shape index (κ2) is 9.15. The number of ether oxygens (including phenoxy) is 1. The van der Waals surface area contributed by atoms with Gasteiger partial charge in [0, 0.05) is 44.5 Å². The molecule has 0 spiro atoms. The van der Waals surface area contributed by atoms with E-state index >= 15 is 0 Å². The van der Waals surface area contributed by atoms with E-state index in [2.05, 4.69) is 59.8 Å². The molecule has 1 aromatic heterocycles. The number of aromatic nitrogens is 1. The lowest BCUT2D eigenvalue weighted by Gasteiger charge is -2.43. The second-order valence-electron chi connectivity index (χ2n) is 7.38. The first kappa shape index (κ1) is 18.9. The highest BCUT2D eigenvalue weighted by atomic mass is 16.5. The summed E-state index contributed by atoms with van der Waals surface area (Å²) in [7, 11) is 0. The van der Waals surface area contributed by atoms with E-state index in [0.717, 1.165) is 31.1 Å². The van der Waals surface area contributed by atoms with Gasteiger partial charge in [0.2, 0.25) is 0 Å². The Kier molecular flexibility index (Phi) is 6.64. The highest BCUT2D eigenvalue weighted by Crippen LogP contribution is 2.19. The van der Waals surface area contributed by atoms with Gasteiger partial charge in [-0.1, -0.05) is 25.1 Å². The van der Waals surface area contributed by atoms with Crippen molar-refractivity contribution in [2.45, 2.75) is 52.4 Å². The largest absolute Gasteiger partial charge is 0.487 e. The molecule has 0 bridgehead atoms. The molecule has 0 radical (unpaired) electrons. The maximum absolute atomic E-state index is 5.83. The zero-order valence-corrected chi connectivity index (χ0v) is 16.3. The van der Waals surface area contributed by atoms with Crippen LogP contribution in [-0.4, -0.2) is 46.5 Å². The molecule has 1 aliphatic heterocycles. The number of nitrogens with zero attached hydrogens (tertiary/aromatic N) is 3. The summed E-state index contributed by atoms with van der Waals surface area (Å²) in [5.41, 5.74) is 2.30. The third-order valence-corrected chi connectivity index (χ3v) is 5.19. The SMILES string of the molecule is CC[C@H]1CN(Cc2ccc(OCc3ccccn3)cc2)CCN1C(C)C. The molecule has 2 heterocycles. The van der Waals surface area contributed by atoms with Crippen molar-refractivity contribution < 1.29 is 4.74 Å². The highest BCUT2D eigenvalue weighted by Gasteiger charge is 2.27. The lowest BCUT2D eigenvalue weighted by Crippen LogP contribution is -2.54. The van der Waals surface area contributed by atoms with Crippen LogP contribution in [0, 0.1) is 0 Å². The molecule has 26 heavy (non-hydrogen) atoms. The summed E-state index contributed by atoms with van der Waals surface area (Å²) in [5, 5.41) is 0. The van der Waals surface area contributed by atoms with Crippen LogP contribution in [0.5, 0.6) is 5.75 Å². The standard InChI is InChI=1S/C22H31N3O/c1-4-21-16-24(13-14-25(21)18(2)3)15-19-8-10-22(11-9-19)26-17-20-7-5-6-12-23-20/h5-12,18,21H,4,13-17H2,1-3H3/t21-/m0/s1. The van der Waals surface area contributed by atoms with Crippen LogP contribution in [0.15, 0.2) is 48.7 Å². The zero-order chi connectivity index (χ0) is 18.4. The van der Waals surface area contributed by atoms with Gasteiger partial charge in [0.15, 0.2) is 0 Å². The number of hydrogen-bond acceptors (Lipinski definition) is 4. The number of rotatable bonds is 7. The van der Waals surface area contributed by atoms with Crippen LogP contribution >= 0.6 is 0 Å². The summed E-state index contributed by atoms with van der Waals surface area (Å²) in [4.78, 5) is 9.51. The Morgan fingerprint density at radius 2 is 1.92 bits per heavy atom. The molecule has 1 aliphatic rings. The van der Waals surface area contributed by atoms with Crippen LogP contribution in [0.1, 0.15) is 38.4 Å². The van der Waals surface area contributed by atoms with Crippen LogP contribution in [-0.2, 0) is 13.2 Å². The quantitative estimate of drug-likeness (QED) is 0.753. The fraction of sp³-hybridized carbons (Fsp3) is 0.500. The third kappa shape index (κ3) is 5.05. The molecular weight excluding hydrogens is 322 g/mol. The van der Waals surface area contributed by atoms with E-state index in [1.54, 1.807) is 6.20 Å². The molecule has 2 aromatic rings. The molecule has 1 aromatic carbocycles. The van der Waals surface area contributed by atoms with Gasteiger partial charge in [-0.25, -0.2) is 0 Å². The fourth-order valence-corrected chi connectivity index (χ4v) is 3.71. The van der Waals surface area contributed by atoms with Crippen LogP contribution in [0.2, 0.25) is 0 Å². The van der Waals surface area contributed by atoms with E-state index in [-0.39, 0.29) is 0 Å². The Balaban J connectivity index is 1.51. The smallest absolute Gasteiger partial charge is 0.130 e. The monoisotopic (exact) mass is 353 g/mol. The van der Waals surface area contributed by atoms with Crippen LogP contribution in [0.4, 0.5) is 0 Å². The van der Waals surface area contributed by atoms with Gasteiger partial charge in [-0.05, 0) is 50.1 Å². The molecule has 1 saturated heterocycles. The van der Waals surface area contributed by atoms with Crippen LogP contribution < -0.4 is 4.74 Å². The topological polar surface area (TPSA) is 28.6 Å². The van der Waals surface area contributed by atoms with Crippen molar-refractivity contribution in [2.75, 3.05) is 19.6 Å². The summed E-state index contributed by atoms with van der Waals surface area (Å²) in [6.07, 6.45) is 3.01. The van der Waals surface area contributed by atoms with Gasteiger partial charge < -0.3 is 4.74 Å². The van der Waals surface area contributed by atoms with Crippen molar-refractivity contribution in [2.24, 2.45) is 0 Å². The van der Waals surface area contributed by atoms with Crippen molar-refractivity contribution in [3.63, 3.8) is 0 Å². The van der Waals surface area contributed by atoms with Crippen molar-refractivity contribution in [3.8, 4) is 5.75 Å². The minimum atomic E-state index is 0.509. The van der Waals surface area contributed by atoms with Crippen LogP contribution in [0.25, 0.3) is 0 Å². The molecule has 4 heteroatoms. The number of benzene rings is 1. The Labute approximate surface area is 157 Å². The van der Waals surface area contributed by atoms with E-state index in [0.29, 0.717) is 18.7 Å². The molecule has 1 atom stereocenters.